The number of pyridine rings is 1. The van der Waals surface area contributed by atoms with Crippen LogP contribution in [0.2, 0.25) is 5.02 Å². The molecule has 0 atom stereocenters. The van der Waals surface area contributed by atoms with Crippen molar-refractivity contribution in [2.45, 2.75) is 19.9 Å². The van der Waals surface area contributed by atoms with Crippen molar-refractivity contribution in [2.24, 2.45) is 0 Å². The summed E-state index contributed by atoms with van der Waals surface area (Å²) in [6, 6.07) is 3.59. The van der Waals surface area contributed by atoms with E-state index in [9.17, 15) is 0 Å². The Hall–Kier alpha value is -1.55. The number of aryl methyl sites for hydroxylation is 1. The Kier molecular flexibility index (Phi) is 3.41. The third-order valence-electron chi connectivity index (χ3n) is 2.10. The van der Waals surface area contributed by atoms with E-state index in [0.717, 1.165) is 18.0 Å². The molecule has 0 unspecified atom stereocenters. The van der Waals surface area contributed by atoms with E-state index in [2.05, 4.69) is 15.3 Å². The first-order chi connectivity index (χ1) is 7.78. The Labute approximate surface area is 98.7 Å². The van der Waals surface area contributed by atoms with Gasteiger partial charge in [-0.3, -0.25) is 0 Å². The topological polar surface area (TPSA) is 51.0 Å². The monoisotopic (exact) mass is 237 g/mol. The van der Waals surface area contributed by atoms with Crippen LogP contribution in [0.3, 0.4) is 0 Å². The molecule has 0 saturated carbocycles. The second kappa shape index (κ2) is 4.99. The zero-order chi connectivity index (χ0) is 11.4. The third-order valence-corrected chi connectivity index (χ3v) is 2.32. The summed E-state index contributed by atoms with van der Waals surface area (Å²) in [4.78, 5) is 8.24. The fourth-order valence-electron chi connectivity index (χ4n) is 1.24. The minimum atomic E-state index is 0.522. The molecule has 5 heteroatoms. The molecule has 0 radical (unpaired) electrons. The Morgan fingerprint density at radius 1 is 1.31 bits per heavy atom. The highest BCUT2D eigenvalue weighted by Gasteiger charge is 2.02. The first-order valence-corrected chi connectivity index (χ1v) is 5.44. The fourth-order valence-corrected chi connectivity index (χ4v) is 1.35. The van der Waals surface area contributed by atoms with Gasteiger partial charge in [0, 0.05) is 12.6 Å². The zero-order valence-electron chi connectivity index (χ0n) is 8.90. The second-order valence-corrected chi connectivity index (χ2v) is 3.73. The molecule has 0 aliphatic rings. The van der Waals surface area contributed by atoms with Gasteiger partial charge in [-0.05, 0) is 12.1 Å². The van der Waals surface area contributed by atoms with Crippen LogP contribution >= 0.6 is 11.6 Å². The number of hydrogen-bond donors (Lipinski definition) is 1. The highest BCUT2D eigenvalue weighted by molar-refractivity contribution is 6.30. The van der Waals surface area contributed by atoms with E-state index in [1.165, 1.54) is 0 Å². The maximum atomic E-state index is 5.73. The number of rotatable bonds is 4. The van der Waals surface area contributed by atoms with Gasteiger partial charge in [-0.15, -0.1) is 0 Å². The molecule has 0 spiro atoms. The number of halogens is 1. The molecule has 0 bridgehead atoms. The number of hydrogen-bond acceptors (Lipinski definition) is 4. The normalized spacial score (nSPS) is 10.4. The average Bonchev–Trinajstić information content (AvgIpc) is 2.76. The molecule has 1 N–H and O–H groups in total. The Morgan fingerprint density at radius 2 is 2.19 bits per heavy atom. The van der Waals surface area contributed by atoms with Crippen molar-refractivity contribution in [3.63, 3.8) is 0 Å². The van der Waals surface area contributed by atoms with E-state index in [0.29, 0.717) is 17.5 Å². The highest BCUT2D eigenvalue weighted by Crippen LogP contribution is 2.11. The van der Waals surface area contributed by atoms with E-state index >= 15 is 0 Å². The molecule has 16 heavy (non-hydrogen) atoms. The summed E-state index contributed by atoms with van der Waals surface area (Å²) in [5.74, 6) is 2.30. The minimum Gasteiger partial charge on any atom is -0.444 e. The summed E-state index contributed by atoms with van der Waals surface area (Å²) in [6.45, 7) is 2.55. The summed E-state index contributed by atoms with van der Waals surface area (Å²) < 4.78 is 5.45. The summed E-state index contributed by atoms with van der Waals surface area (Å²) in [7, 11) is 0. The number of nitrogens with one attached hydrogen (secondary N) is 1. The largest absolute Gasteiger partial charge is 0.444 e. The van der Waals surface area contributed by atoms with Gasteiger partial charge >= 0.3 is 0 Å². The summed E-state index contributed by atoms with van der Waals surface area (Å²) in [5.41, 5.74) is 0. The van der Waals surface area contributed by atoms with Crippen molar-refractivity contribution < 1.29 is 4.42 Å². The standard InChI is InChI=1S/C11H12ClN3O/c1-2-9-6-15-11(16-9)7-14-10-4-3-8(12)5-13-10/h3-6H,2,7H2,1H3,(H,13,14). The molecule has 0 amide bonds. The quantitative estimate of drug-likeness (QED) is 0.888. The number of oxazole rings is 1. The first kappa shape index (κ1) is 11.0. The predicted octanol–water partition coefficient (Wildman–Crippen LogP) is 2.90. The summed E-state index contributed by atoms with van der Waals surface area (Å²) >= 11 is 5.73. The molecular weight excluding hydrogens is 226 g/mol. The van der Waals surface area contributed by atoms with Crippen molar-refractivity contribution >= 4 is 17.4 Å². The average molecular weight is 238 g/mol. The zero-order valence-corrected chi connectivity index (χ0v) is 9.66. The lowest BCUT2D eigenvalue weighted by molar-refractivity contribution is 0.465. The van der Waals surface area contributed by atoms with Gasteiger partial charge in [0.05, 0.1) is 17.8 Å². The second-order valence-electron chi connectivity index (χ2n) is 3.29. The Balaban J connectivity index is 1.94. The maximum Gasteiger partial charge on any atom is 0.213 e. The molecular formula is C11H12ClN3O. The van der Waals surface area contributed by atoms with Crippen LogP contribution in [-0.2, 0) is 13.0 Å². The molecule has 2 rings (SSSR count). The molecule has 4 nitrogen and oxygen atoms in total. The summed E-state index contributed by atoms with van der Waals surface area (Å²) in [5, 5.41) is 3.72. The lowest BCUT2D eigenvalue weighted by Gasteiger charge is -2.01. The van der Waals surface area contributed by atoms with Crippen LogP contribution in [0.5, 0.6) is 0 Å². The van der Waals surface area contributed by atoms with Crippen LogP contribution in [-0.4, -0.2) is 9.97 Å². The van der Waals surface area contributed by atoms with Gasteiger partial charge in [0.1, 0.15) is 11.6 Å². The number of aromatic nitrogens is 2. The van der Waals surface area contributed by atoms with Crippen LogP contribution in [0.1, 0.15) is 18.6 Å². The van der Waals surface area contributed by atoms with Crippen molar-refractivity contribution in [3.05, 3.63) is 41.2 Å². The van der Waals surface area contributed by atoms with E-state index in [-0.39, 0.29) is 0 Å². The molecule has 2 aromatic rings. The minimum absolute atomic E-state index is 0.522. The fraction of sp³-hybridized carbons (Fsp3) is 0.273. The van der Waals surface area contributed by atoms with Crippen molar-refractivity contribution in [3.8, 4) is 0 Å². The van der Waals surface area contributed by atoms with Gasteiger partial charge in [0.15, 0.2) is 0 Å². The maximum absolute atomic E-state index is 5.73. The van der Waals surface area contributed by atoms with Gasteiger partial charge in [-0.25, -0.2) is 9.97 Å². The Morgan fingerprint density at radius 3 is 2.81 bits per heavy atom. The molecule has 0 aromatic carbocycles. The number of anilines is 1. The molecule has 0 fully saturated rings. The molecule has 2 aromatic heterocycles. The van der Waals surface area contributed by atoms with Crippen LogP contribution in [0.25, 0.3) is 0 Å². The van der Waals surface area contributed by atoms with E-state index in [1.54, 1.807) is 18.5 Å². The van der Waals surface area contributed by atoms with Gasteiger partial charge in [0.2, 0.25) is 5.89 Å². The van der Waals surface area contributed by atoms with E-state index < -0.39 is 0 Å². The lowest BCUT2D eigenvalue weighted by atomic mass is 10.4. The van der Waals surface area contributed by atoms with Gasteiger partial charge in [-0.2, -0.15) is 0 Å². The number of nitrogens with zero attached hydrogens (tertiary/aromatic N) is 2. The molecule has 0 aliphatic carbocycles. The predicted molar refractivity (Wildman–Crippen MR) is 62.5 cm³/mol. The highest BCUT2D eigenvalue weighted by atomic mass is 35.5. The van der Waals surface area contributed by atoms with Crippen LogP contribution in [0, 0.1) is 0 Å². The van der Waals surface area contributed by atoms with Crippen LogP contribution < -0.4 is 5.32 Å². The summed E-state index contributed by atoms with van der Waals surface area (Å²) in [6.07, 6.45) is 4.19. The van der Waals surface area contributed by atoms with E-state index in [1.807, 2.05) is 13.0 Å². The van der Waals surface area contributed by atoms with Crippen molar-refractivity contribution in [1.29, 1.82) is 0 Å². The molecule has 2 heterocycles. The third kappa shape index (κ3) is 2.73. The SMILES string of the molecule is CCc1cnc(CNc2ccc(Cl)cn2)o1. The van der Waals surface area contributed by atoms with Crippen molar-refractivity contribution in [1.82, 2.24) is 9.97 Å². The van der Waals surface area contributed by atoms with Gasteiger partial charge < -0.3 is 9.73 Å². The smallest absolute Gasteiger partial charge is 0.213 e. The van der Waals surface area contributed by atoms with E-state index in [4.69, 9.17) is 16.0 Å². The van der Waals surface area contributed by atoms with Crippen molar-refractivity contribution in [2.75, 3.05) is 5.32 Å². The first-order valence-electron chi connectivity index (χ1n) is 5.07. The molecule has 0 aliphatic heterocycles. The van der Waals surface area contributed by atoms with Gasteiger partial charge in [0.25, 0.3) is 0 Å². The van der Waals surface area contributed by atoms with Crippen LogP contribution in [0.4, 0.5) is 5.82 Å². The molecule has 84 valence electrons. The molecule has 0 saturated heterocycles. The lowest BCUT2D eigenvalue weighted by Crippen LogP contribution is -2.00. The Bertz CT molecular complexity index is 453. The van der Waals surface area contributed by atoms with Crippen LogP contribution in [0.15, 0.2) is 28.9 Å². The van der Waals surface area contributed by atoms with Gasteiger partial charge in [-0.1, -0.05) is 18.5 Å².